The molecule has 16 heavy (non-hydrogen) atoms. The minimum atomic E-state index is -0.172. The molecule has 0 aliphatic heterocycles. The number of ether oxygens (including phenoxy) is 1. The van der Waals surface area contributed by atoms with Crippen LogP contribution in [-0.2, 0) is 9.53 Å². The second-order valence-electron chi connectivity index (χ2n) is 3.92. The number of rotatable bonds is 5. The summed E-state index contributed by atoms with van der Waals surface area (Å²) in [4.78, 5) is 15.4. The van der Waals surface area contributed by atoms with Crippen LogP contribution in [0, 0.1) is 5.92 Å². The van der Waals surface area contributed by atoms with Crippen LogP contribution in [0.5, 0.6) is 0 Å². The highest BCUT2D eigenvalue weighted by molar-refractivity contribution is 5.71. The third kappa shape index (κ3) is 3.88. The number of pyridine rings is 1. The quantitative estimate of drug-likeness (QED) is 0.775. The van der Waals surface area contributed by atoms with E-state index in [-0.39, 0.29) is 17.9 Å². The van der Waals surface area contributed by atoms with E-state index in [1.165, 1.54) is 7.11 Å². The first kappa shape index (κ1) is 12.5. The zero-order valence-corrected chi connectivity index (χ0v) is 9.93. The van der Waals surface area contributed by atoms with E-state index in [9.17, 15) is 4.79 Å². The molecule has 4 nitrogen and oxygen atoms in total. The van der Waals surface area contributed by atoms with Crippen LogP contribution in [0.3, 0.4) is 0 Å². The topological polar surface area (TPSA) is 51.2 Å². The van der Waals surface area contributed by atoms with Gasteiger partial charge in [-0.05, 0) is 25.5 Å². The second kappa shape index (κ2) is 6.10. The number of hydrogen-bond donors (Lipinski definition) is 1. The molecule has 1 aromatic rings. The fourth-order valence-corrected chi connectivity index (χ4v) is 1.59. The summed E-state index contributed by atoms with van der Waals surface area (Å²) in [7, 11) is 1.41. The number of hydrogen-bond acceptors (Lipinski definition) is 4. The van der Waals surface area contributed by atoms with Crippen molar-refractivity contribution in [2.45, 2.75) is 26.3 Å². The summed E-state index contributed by atoms with van der Waals surface area (Å²) in [6, 6.07) is 5.88. The monoisotopic (exact) mass is 222 g/mol. The van der Waals surface area contributed by atoms with Crippen LogP contribution in [0.15, 0.2) is 24.4 Å². The normalized spacial score (nSPS) is 13.9. The number of aromatic nitrogens is 1. The Morgan fingerprint density at radius 1 is 1.50 bits per heavy atom. The first-order chi connectivity index (χ1) is 7.63. The molecule has 2 atom stereocenters. The van der Waals surface area contributed by atoms with E-state index >= 15 is 0 Å². The van der Waals surface area contributed by atoms with Gasteiger partial charge in [0.1, 0.15) is 5.82 Å². The summed E-state index contributed by atoms with van der Waals surface area (Å²) in [5, 5.41) is 3.23. The maximum absolute atomic E-state index is 11.2. The predicted molar refractivity (Wildman–Crippen MR) is 63.1 cm³/mol. The SMILES string of the molecule is COC(=O)C(C)CC(C)Nc1ccccn1. The van der Waals surface area contributed by atoms with E-state index in [0.717, 1.165) is 12.2 Å². The second-order valence-corrected chi connectivity index (χ2v) is 3.92. The average molecular weight is 222 g/mol. The maximum atomic E-state index is 11.2. The molecule has 1 N–H and O–H groups in total. The third-order valence-electron chi connectivity index (χ3n) is 2.37. The van der Waals surface area contributed by atoms with Gasteiger partial charge in [0.05, 0.1) is 13.0 Å². The fraction of sp³-hybridized carbons (Fsp3) is 0.500. The van der Waals surface area contributed by atoms with Gasteiger partial charge >= 0.3 is 5.97 Å². The van der Waals surface area contributed by atoms with Crippen LogP contribution >= 0.6 is 0 Å². The molecule has 0 aliphatic rings. The summed E-state index contributed by atoms with van der Waals surface area (Å²) in [6.45, 7) is 3.89. The van der Waals surface area contributed by atoms with Gasteiger partial charge in [-0.3, -0.25) is 4.79 Å². The van der Waals surface area contributed by atoms with Gasteiger partial charge in [0.2, 0.25) is 0 Å². The number of nitrogens with one attached hydrogen (secondary N) is 1. The molecule has 2 unspecified atom stereocenters. The Morgan fingerprint density at radius 2 is 2.25 bits per heavy atom. The molecule has 0 aromatic carbocycles. The van der Waals surface area contributed by atoms with Gasteiger partial charge in [0.25, 0.3) is 0 Å². The molecule has 0 fully saturated rings. The van der Waals surface area contributed by atoms with Crippen molar-refractivity contribution in [2.24, 2.45) is 5.92 Å². The van der Waals surface area contributed by atoms with Gasteiger partial charge in [-0.1, -0.05) is 13.0 Å². The van der Waals surface area contributed by atoms with Gasteiger partial charge in [0.15, 0.2) is 0 Å². The molecule has 0 spiro atoms. The lowest BCUT2D eigenvalue weighted by Crippen LogP contribution is -2.23. The van der Waals surface area contributed by atoms with Crippen molar-refractivity contribution in [3.8, 4) is 0 Å². The number of methoxy groups -OCH3 is 1. The smallest absolute Gasteiger partial charge is 0.308 e. The van der Waals surface area contributed by atoms with Gasteiger partial charge in [-0.2, -0.15) is 0 Å². The highest BCUT2D eigenvalue weighted by Crippen LogP contribution is 2.11. The molecule has 1 heterocycles. The van der Waals surface area contributed by atoms with Crippen LogP contribution in [0.4, 0.5) is 5.82 Å². The summed E-state index contributed by atoms with van der Waals surface area (Å²) in [5.74, 6) is 0.554. The van der Waals surface area contributed by atoms with E-state index in [2.05, 4.69) is 15.0 Å². The highest BCUT2D eigenvalue weighted by atomic mass is 16.5. The van der Waals surface area contributed by atoms with Crippen molar-refractivity contribution < 1.29 is 9.53 Å². The third-order valence-corrected chi connectivity index (χ3v) is 2.37. The van der Waals surface area contributed by atoms with Crippen molar-refractivity contribution in [3.63, 3.8) is 0 Å². The zero-order chi connectivity index (χ0) is 12.0. The molecule has 4 heteroatoms. The summed E-state index contributed by atoms with van der Waals surface area (Å²) in [6.07, 6.45) is 2.46. The summed E-state index contributed by atoms with van der Waals surface area (Å²) < 4.78 is 4.68. The van der Waals surface area contributed by atoms with Gasteiger partial charge in [-0.25, -0.2) is 4.98 Å². The zero-order valence-electron chi connectivity index (χ0n) is 9.93. The predicted octanol–water partition coefficient (Wildman–Crippen LogP) is 2.08. The molecular formula is C12H18N2O2. The molecule has 1 aromatic heterocycles. The minimum absolute atomic E-state index is 0.101. The van der Waals surface area contributed by atoms with Crippen molar-refractivity contribution in [1.82, 2.24) is 4.98 Å². The number of nitrogens with zero attached hydrogens (tertiary/aromatic N) is 1. The van der Waals surface area contributed by atoms with Gasteiger partial charge < -0.3 is 10.1 Å². The molecule has 1 rings (SSSR count). The molecule has 0 saturated carbocycles. The van der Waals surface area contributed by atoms with Crippen LogP contribution < -0.4 is 5.32 Å². The van der Waals surface area contributed by atoms with Crippen LogP contribution in [0.1, 0.15) is 20.3 Å². The van der Waals surface area contributed by atoms with Crippen LogP contribution in [-0.4, -0.2) is 24.1 Å². The summed E-state index contributed by atoms with van der Waals surface area (Å²) in [5.41, 5.74) is 0. The minimum Gasteiger partial charge on any atom is -0.469 e. The van der Waals surface area contributed by atoms with Crippen molar-refractivity contribution >= 4 is 11.8 Å². The average Bonchev–Trinajstić information content (AvgIpc) is 2.29. The molecule has 0 amide bonds. The van der Waals surface area contributed by atoms with Crippen molar-refractivity contribution in [2.75, 3.05) is 12.4 Å². The van der Waals surface area contributed by atoms with E-state index in [0.29, 0.717) is 0 Å². The first-order valence-electron chi connectivity index (χ1n) is 5.39. The van der Waals surface area contributed by atoms with E-state index in [1.807, 2.05) is 32.0 Å². The molecular weight excluding hydrogens is 204 g/mol. The first-order valence-corrected chi connectivity index (χ1v) is 5.39. The number of carbonyl (C=O) groups excluding carboxylic acids is 1. The standard InChI is InChI=1S/C12H18N2O2/c1-9(12(15)16-3)8-10(2)14-11-6-4-5-7-13-11/h4-7,9-10H,8H2,1-3H3,(H,13,14). The maximum Gasteiger partial charge on any atom is 0.308 e. The lowest BCUT2D eigenvalue weighted by molar-refractivity contribution is -0.145. The Bertz CT molecular complexity index is 327. The Hall–Kier alpha value is -1.58. The molecule has 0 bridgehead atoms. The van der Waals surface area contributed by atoms with Gasteiger partial charge in [-0.15, -0.1) is 0 Å². The van der Waals surface area contributed by atoms with E-state index in [4.69, 9.17) is 0 Å². The Morgan fingerprint density at radius 3 is 2.81 bits per heavy atom. The summed E-state index contributed by atoms with van der Waals surface area (Å²) >= 11 is 0. The molecule has 0 aliphatic carbocycles. The fourth-order valence-electron chi connectivity index (χ4n) is 1.59. The highest BCUT2D eigenvalue weighted by Gasteiger charge is 2.16. The van der Waals surface area contributed by atoms with Crippen molar-refractivity contribution in [3.05, 3.63) is 24.4 Å². The molecule has 88 valence electrons. The number of anilines is 1. The van der Waals surface area contributed by atoms with E-state index in [1.54, 1.807) is 6.20 Å². The Balaban J connectivity index is 2.42. The van der Waals surface area contributed by atoms with Crippen LogP contribution in [0.2, 0.25) is 0 Å². The Kier molecular flexibility index (Phi) is 4.76. The number of carbonyl (C=O) groups is 1. The Labute approximate surface area is 96.0 Å². The molecule has 0 saturated heterocycles. The van der Waals surface area contributed by atoms with Gasteiger partial charge in [0, 0.05) is 12.2 Å². The molecule has 0 radical (unpaired) electrons. The van der Waals surface area contributed by atoms with Crippen molar-refractivity contribution in [1.29, 1.82) is 0 Å². The lowest BCUT2D eigenvalue weighted by atomic mass is 10.0. The largest absolute Gasteiger partial charge is 0.469 e. The van der Waals surface area contributed by atoms with E-state index < -0.39 is 0 Å². The number of esters is 1. The van der Waals surface area contributed by atoms with Crippen LogP contribution in [0.25, 0.3) is 0 Å². The lowest BCUT2D eigenvalue weighted by Gasteiger charge is -2.17.